The van der Waals surface area contributed by atoms with E-state index in [1.54, 1.807) is 7.11 Å². The van der Waals surface area contributed by atoms with E-state index in [4.69, 9.17) is 15.2 Å². The first-order valence-electron chi connectivity index (χ1n) is 7.95. The zero-order valence-electron chi connectivity index (χ0n) is 14.7. The van der Waals surface area contributed by atoms with Gasteiger partial charge in [-0.15, -0.1) is 5.10 Å². The van der Waals surface area contributed by atoms with Gasteiger partial charge < -0.3 is 15.2 Å². The third-order valence-electron chi connectivity index (χ3n) is 3.98. The van der Waals surface area contributed by atoms with E-state index in [0.717, 1.165) is 11.1 Å². The van der Waals surface area contributed by atoms with Crippen LogP contribution in [0, 0.1) is 18.3 Å². The van der Waals surface area contributed by atoms with Gasteiger partial charge in [-0.25, -0.2) is 4.68 Å². The maximum Gasteiger partial charge on any atom is 0.253 e. The second kappa shape index (κ2) is 7.84. The highest BCUT2D eigenvalue weighted by Gasteiger charge is 2.17. The van der Waals surface area contributed by atoms with Crippen LogP contribution in [0.25, 0.3) is 0 Å². The zero-order chi connectivity index (χ0) is 17.7. The van der Waals surface area contributed by atoms with Crippen LogP contribution in [0.4, 0.5) is 5.82 Å². The molecular weight excluding hydrogens is 304 g/mol. The number of anilines is 1. The Bertz CT molecular complexity index is 744. The molecule has 2 rings (SSSR count). The van der Waals surface area contributed by atoms with Gasteiger partial charge in [0.15, 0.2) is 5.56 Å². The van der Waals surface area contributed by atoms with Gasteiger partial charge >= 0.3 is 0 Å². The molecule has 0 aliphatic carbocycles. The Labute approximate surface area is 142 Å². The lowest BCUT2D eigenvalue weighted by Gasteiger charge is -2.11. The highest BCUT2D eigenvalue weighted by atomic mass is 16.5. The third-order valence-corrected chi connectivity index (χ3v) is 3.98. The Kier molecular flexibility index (Phi) is 5.83. The molecule has 0 fully saturated rings. The molecule has 1 aromatic carbocycles. The lowest BCUT2D eigenvalue weighted by molar-refractivity contribution is 0.183. The van der Waals surface area contributed by atoms with Crippen molar-refractivity contribution in [2.75, 3.05) is 19.5 Å². The fraction of sp³-hybridized carbons (Fsp3) is 0.444. The number of nitrogen functional groups attached to an aromatic ring is 1. The van der Waals surface area contributed by atoms with Crippen molar-refractivity contribution in [3.8, 4) is 11.9 Å². The van der Waals surface area contributed by atoms with E-state index < -0.39 is 0 Å². The number of methoxy groups -OCH3 is 1. The number of ether oxygens (including phenoxy) is 2. The van der Waals surface area contributed by atoms with Gasteiger partial charge in [-0.05, 0) is 29.5 Å². The van der Waals surface area contributed by atoms with E-state index >= 15 is 0 Å². The Morgan fingerprint density at radius 3 is 2.75 bits per heavy atom. The zero-order valence-corrected chi connectivity index (χ0v) is 14.7. The highest BCUT2D eigenvalue weighted by molar-refractivity contribution is 5.55. The number of nitriles is 1. The van der Waals surface area contributed by atoms with Crippen LogP contribution >= 0.6 is 0 Å². The molecule has 0 unspecified atom stereocenters. The maximum atomic E-state index is 9.31. The van der Waals surface area contributed by atoms with E-state index in [0.29, 0.717) is 31.5 Å². The van der Waals surface area contributed by atoms with Crippen LogP contribution in [0.3, 0.4) is 0 Å². The molecule has 0 atom stereocenters. The summed E-state index contributed by atoms with van der Waals surface area (Å²) in [6.45, 7) is 7.64. The molecule has 2 N–H and O–H groups in total. The largest absolute Gasteiger partial charge is 0.471 e. The smallest absolute Gasteiger partial charge is 0.253 e. The molecule has 0 aliphatic heterocycles. The number of hydrogen-bond acceptors (Lipinski definition) is 5. The molecule has 24 heavy (non-hydrogen) atoms. The van der Waals surface area contributed by atoms with Gasteiger partial charge in [-0.3, -0.25) is 0 Å². The molecule has 6 heteroatoms. The quantitative estimate of drug-likeness (QED) is 0.844. The van der Waals surface area contributed by atoms with Crippen molar-refractivity contribution in [1.29, 1.82) is 5.26 Å². The predicted molar refractivity (Wildman–Crippen MR) is 92.8 cm³/mol. The van der Waals surface area contributed by atoms with Crippen LogP contribution < -0.4 is 10.5 Å². The number of aryl methyl sites for hydroxylation is 1. The summed E-state index contributed by atoms with van der Waals surface area (Å²) in [7, 11) is 1.60. The first kappa shape index (κ1) is 17.8. The molecule has 128 valence electrons. The third kappa shape index (κ3) is 3.87. The van der Waals surface area contributed by atoms with Crippen LogP contribution in [0.5, 0.6) is 5.88 Å². The standard InChI is InChI=1S/C18H24N4O2/c1-12(2)14-6-5-13(3)15(9-14)11-24-18-16(10-19)17(20)22(21-18)7-8-23-4/h5-6,9,12H,7-8,11,20H2,1-4H3. The van der Waals surface area contributed by atoms with E-state index in [-0.39, 0.29) is 11.4 Å². The second-order valence-corrected chi connectivity index (χ2v) is 6.02. The number of rotatable bonds is 7. The average Bonchev–Trinajstić information content (AvgIpc) is 2.87. The van der Waals surface area contributed by atoms with Crippen molar-refractivity contribution in [1.82, 2.24) is 9.78 Å². The Morgan fingerprint density at radius 1 is 1.38 bits per heavy atom. The number of aromatic nitrogens is 2. The number of nitrogens with two attached hydrogens (primary N) is 1. The van der Waals surface area contributed by atoms with Crippen molar-refractivity contribution >= 4 is 5.82 Å². The lowest BCUT2D eigenvalue weighted by Crippen LogP contribution is -2.09. The summed E-state index contributed by atoms with van der Waals surface area (Å²) in [6.07, 6.45) is 0. The number of benzene rings is 1. The van der Waals surface area contributed by atoms with Crippen molar-refractivity contribution in [3.05, 3.63) is 40.5 Å². The van der Waals surface area contributed by atoms with Crippen LogP contribution in [-0.2, 0) is 17.9 Å². The first-order valence-corrected chi connectivity index (χ1v) is 7.95. The van der Waals surface area contributed by atoms with Gasteiger partial charge in [0.05, 0.1) is 13.2 Å². The fourth-order valence-corrected chi connectivity index (χ4v) is 2.36. The van der Waals surface area contributed by atoms with Gasteiger partial charge in [-0.1, -0.05) is 32.0 Å². The minimum atomic E-state index is 0.264. The van der Waals surface area contributed by atoms with Crippen molar-refractivity contribution in [2.45, 2.75) is 39.8 Å². The van der Waals surface area contributed by atoms with Crippen LogP contribution in [-0.4, -0.2) is 23.5 Å². The number of nitrogens with zero attached hydrogens (tertiary/aromatic N) is 3. The monoisotopic (exact) mass is 328 g/mol. The minimum absolute atomic E-state index is 0.264. The van der Waals surface area contributed by atoms with E-state index in [2.05, 4.69) is 43.2 Å². The fourth-order valence-electron chi connectivity index (χ4n) is 2.36. The summed E-state index contributed by atoms with van der Waals surface area (Å²) in [5, 5.41) is 13.6. The summed E-state index contributed by atoms with van der Waals surface area (Å²) in [5.41, 5.74) is 9.70. The van der Waals surface area contributed by atoms with Crippen LogP contribution in [0.1, 0.15) is 42.0 Å². The molecule has 0 amide bonds. The molecule has 0 spiro atoms. The van der Waals surface area contributed by atoms with Gasteiger partial charge in [0.25, 0.3) is 5.88 Å². The normalized spacial score (nSPS) is 10.8. The SMILES string of the molecule is COCCn1nc(OCc2cc(C(C)C)ccc2C)c(C#N)c1N. The molecule has 2 aromatic rings. The van der Waals surface area contributed by atoms with Crippen LogP contribution in [0.15, 0.2) is 18.2 Å². The molecular formula is C18H24N4O2. The molecule has 1 heterocycles. The molecule has 0 bridgehead atoms. The van der Waals surface area contributed by atoms with Gasteiger partial charge in [-0.2, -0.15) is 5.26 Å². The summed E-state index contributed by atoms with van der Waals surface area (Å²) < 4.78 is 12.4. The second-order valence-electron chi connectivity index (χ2n) is 6.02. The molecule has 0 saturated heterocycles. The van der Waals surface area contributed by atoms with E-state index in [1.807, 2.05) is 6.92 Å². The van der Waals surface area contributed by atoms with Crippen molar-refractivity contribution in [2.24, 2.45) is 0 Å². The van der Waals surface area contributed by atoms with E-state index in [1.165, 1.54) is 10.2 Å². The summed E-state index contributed by atoms with van der Waals surface area (Å²) in [5.74, 6) is 1.01. The number of hydrogen-bond donors (Lipinski definition) is 1. The molecule has 0 saturated carbocycles. The molecule has 0 radical (unpaired) electrons. The van der Waals surface area contributed by atoms with E-state index in [9.17, 15) is 5.26 Å². The minimum Gasteiger partial charge on any atom is -0.471 e. The molecule has 0 aliphatic rings. The Morgan fingerprint density at radius 2 is 2.12 bits per heavy atom. The average molecular weight is 328 g/mol. The van der Waals surface area contributed by atoms with Crippen molar-refractivity contribution in [3.63, 3.8) is 0 Å². The topological polar surface area (TPSA) is 86.1 Å². The predicted octanol–water partition coefficient (Wildman–Crippen LogP) is 2.99. The van der Waals surface area contributed by atoms with Gasteiger partial charge in [0.2, 0.25) is 0 Å². The Hall–Kier alpha value is -2.52. The van der Waals surface area contributed by atoms with Gasteiger partial charge in [0.1, 0.15) is 18.5 Å². The lowest BCUT2D eigenvalue weighted by atomic mass is 9.98. The first-order chi connectivity index (χ1) is 11.5. The molecule has 6 nitrogen and oxygen atoms in total. The van der Waals surface area contributed by atoms with Crippen LogP contribution in [0.2, 0.25) is 0 Å². The molecule has 1 aromatic heterocycles. The summed E-state index contributed by atoms with van der Waals surface area (Å²) in [6, 6.07) is 8.42. The summed E-state index contributed by atoms with van der Waals surface area (Å²) in [4.78, 5) is 0. The Balaban J connectivity index is 2.20. The van der Waals surface area contributed by atoms with Gasteiger partial charge in [0, 0.05) is 7.11 Å². The highest BCUT2D eigenvalue weighted by Crippen LogP contribution is 2.25. The summed E-state index contributed by atoms with van der Waals surface area (Å²) >= 11 is 0. The van der Waals surface area contributed by atoms with Crippen molar-refractivity contribution < 1.29 is 9.47 Å². The maximum absolute atomic E-state index is 9.31.